The van der Waals surface area contributed by atoms with Crippen molar-refractivity contribution in [1.29, 1.82) is 0 Å². The highest BCUT2D eigenvalue weighted by molar-refractivity contribution is 7.89. The SMILES string of the molecule is Cn1c2ccccc2c2c1cc(C(=O)N1CCCCC1)n2S(C)(=O)=O. The molecule has 0 saturated carbocycles. The van der Waals surface area contributed by atoms with Crippen molar-refractivity contribution in [3.63, 3.8) is 0 Å². The van der Waals surface area contributed by atoms with E-state index in [0.717, 1.165) is 41.9 Å². The van der Waals surface area contributed by atoms with Crippen LogP contribution >= 0.6 is 0 Å². The first-order chi connectivity index (χ1) is 11.9. The van der Waals surface area contributed by atoms with E-state index in [2.05, 4.69) is 0 Å². The second-order valence-corrected chi connectivity index (χ2v) is 8.55. The summed E-state index contributed by atoms with van der Waals surface area (Å²) in [4.78, 5) is 14.8. The van der Waals surface area contributed by atoms with Gasteiger partial charge in [-0.15, -0.1) is 0 Å². The molecule has 4 rings (SSSR count). The Morgan fingerprint density at radius 2 is 1.72 bits per heavy atom. The minimum atomic E-state index is -3.62. The molecule has 132 valence electrons. The van der Waals surface area contributed by atoms with Gasteiger partial charge in [0.15, 0.2) is 0 Å². The van der Waals surface area contributed by atoms with Crippen molar-refractivity contribution >= 4 is 37.9 Å². The maximum Gasteiger partial charge on any atom is 0.271 e. The van der Waals surface area contributed by atoms with Gasteiger partial charge < -0.3 is 9.47 Å². The minimum absolute atomic E-state index is 0.203. The molecule has 0 N–H and O–H groups in total. The molecular formula is C18H21N3O3S. The van der Waals surface area contributed by atoms with E-state index in [4.69, 9.17) is 0 Å². The fourth-order valence-electron chi connectivity index (χ4n) is 3.83. The van der Waals surface area contributed by atoms with Crippen molar-refractivity contribution in [2.24, 2.45) is 7.05 Å². The number of carbonyl (C=O) groups is 1. The number of hydrogen-bond donors (Lipinski definition) is 0. The van der Waals surface area contributed by atoms with Crippen LogP contribution in [0.25, 0.3) is 21.9 Å². The lowest BCUT2D eigenvalue weighted by Gasteiger charge is -2.26. The molecule has 1 aromatic carbocycles. The summed E-state index contributed by atoms with van der Waals surface area (Å²) in [5, 5.41) is 0.836. The van der Waals surface area contributed by atoms with Crippen LogP contribution in [0.1, 0.15) is 29.8 Å². The number of hydrogen-bond acceptors (Lipinski definition) is 3. The molecular weight excluding hydrogens is 338 g/mol. The topological polar surface area (TPSA) is 64.3 Å². The molecule has 1 amide bonds. The average molecular weight is 359 g/mol. The van der Waals surface area contributed by atoms with Gasteiger partial charge in [-0.2, -0.15) is 0 Å². The molecule has 1 aliphatic rings. The third kappa shape index (κ3) is 2.45. The van der Waals surface area contributed by atoms with Gasteiger partial charge in [0.2, 0.25) is 10.0 Å². The Labute approximate surface area is 146 Å². The van der Waals surface area contributed by atoms with Crippen LogP contribution in [0, 0.1) is 0 Å². The van der Waals surface area contributed by atoms with Crippen LogP contribution in [0.5, 0.6) is 0 Å². The van der Waals surface area contributed by atoms with E-state index in [9.17, 15) is 13.2 Å². The number of carbonyl (C=O) groups excluding carboxylic acids is 1. The lowest BCUT2D eigenvalue weighted by molar-refractivity contribution is 0.0717. The molecule has 0 bridgehead atoms. The summed E-state index contributed by atoms with van der Waals surface area (Å²) in [7, 11) is -1.73. The zero-order chi connectivity index (χ0) is 17.8. The number of fused-ring (bicyclic) bond motifs is 3. The lowest BCUT2D eigenvalue weighted by atomic mass is 10.1. The minimum Gasteiger partial charge on any atom is -0.342 e. The normalized spacial score (nSPS) is 16.0. The second-order valence-electron chi connectivity index (χ2n) is 6.72. The number of nitrogens with zero attached hydrogens (tertiary/aromatic N) is 3. The van der Waals surface area contributed by atoms with Gasteiger partial charge in [0.25, 0.3) is 5.91 Å². The molecule has 25 heavy (non-hydrogen) atoms. The Balaban J connectivity index is 2.02. The van der Waals surface area contributed by atoms with Crippen LogP contribution in [0.15, 0.2) is 30.3 Å². The summed E-state index contributed by atoms with van der Waals surface area (Å²) in [6.45, 7) is 1.37. The van der Waals surface area contributed by atoms with Crippen LogP contribution in [-0.4, -0.2) is 47.1 Å². The Morgan fingerprint density at radius 1 is 1.04 bits per heavy atom. The zero-order valence-corrected chi connectivity index (χ0v) is 15.2. The standard InChI is InChI=1S/C18H21N3O3S/c1-19-14-9-5-4-8-13(14)17-15(19)12-16(21(17)25(2,23)24)18(22)20-10-6-3-7-11-20/h4-5,8-9,12H,3,6-7,10-11H2,1-2H3. The fraction of sp³-hybridized carbons (Fsp3) is 0.389. The summed E-state index contributed by atoms with van der Waals surface area (Å²) in [6.07, 6.45) is 4.20. The van der Waals surface area contributed by atoms with Gasteiger partial charge in [0.05, 0.1) is 22.8 Å². The van der Waals surface area contributed by atoms with E-state index in [-0.39, 0.29) is 11.6 Å². The van der Waals surface area contributed by atoms with E-state index in [0.29, 0.717) is 18.6 Å². The summed E-state index contributed by atoms with van der Waals surface area (Å²) >= 11 is 0. The van der Waals surface area contributed by atoms with Crippen LogP contribution < -0.4 is 0 Å². The van der Waals surface area contributed by atoms with E-state index in [1.165, 1.54) is 3.97 Å². The van der Waals surface area contributed by atoms with Gasteiger partial charge in [0.1, 0.15) is 5.69 Å². The highest BCUT2D eigenvalue weighted by Crippen LogP contribution is 2.32. The third-order valence-corrected chi connectivity index (χ3v) is 6.06. The summed E-state index contributed by atoms with van der Waals surface area (Å²) < 4.78 is 28.3. The highest BCUT2D eigenvalue weighted by Gasteiger charge is 2.28. The number of aryl methyl sites for hydroxylation is 1. The van der Waals surface area contributed by atoms with Crippen LogP contribution in [0.2, 0.25) is 0 Å². The Hall–Kier alpha value is -2.28. The molecule has 2 aromatic heterocycles. The predicted molar refractivity (Wildman–Crippen MR) is 98.4 cm³/mol. The van der Waals surface area contributed by atoms with E-state index in [1.807, 2.05) is 35.9 Å². The van der Waals surface area contributed by atoms with E-state index < -0.39 is 10.0 Å². The molecule has 7 heteroatoms. The summed E-state index contributed by atoms with van der Waals surface area (Å²) in [5.41, 5.74) is 2.52. The largest absolute Gasteiger partial charge is 0.342 e. The maximum atomic E-state index is 13.0. The number of piperidine rings is 1. The highest BCUT2D eigenvalue weighted by atomic mass is 32.2. The van der Waals surface area contributed by atoms with Gasteiger partial charge >= 0.3 is 0 Å². The van der Waals surface area contributed by atoms with Gasteiger partial charge in [0, 0.05) is 25.5 Å². The molecule has 0 spiro atoms. The van der Waals surface area contributed by atoms with Crippen molar-refractivity contribution in [3.8, 4) is 0 Å². The number of likely N-dealkylation sites (tertiary alicyclic amines) is 1. The van der Waals surface area contributed by atoms with Gasteiger partial charge in [-0.25, -0.2) is 12.4 Å². The molecule has 0 atom stereocenters. The molecule has 3 aromatic rings. The molecule has 6 nitrogen and oxygen atoms in total. The number of rotatable bonds is 2. The Morgan fingerprint density at radius 3 is 2.40 bits per heavy atom. The van der Waals surface area contributed by atoms with Crippen LogP contribution in [0.4, 0.5) is 0 Å². The van der Waals surface area contributed by atoms with Crippen molar-refractivity contribution in [2.75, 3.05) is 19.3 Å². The zero-order valence-electron chi connectivity index (χ0n) is 14.4. The molecule has 0 radical (unpaired) electrons. The smallest absolute Gasteiger partial charge is 0.271 e. The first-order valence-electron chi connectivity index (χ1n) is 8.48. The lowest BCUT2D eigenvalue weighted by Crippen LogP contribution is -2.37. The van der Waals surface area contributed by atoms with Gasteiger partial charge in [-0.05, 0) is 31.4 Å². The molecule has 3 heterocycles. The molecule has 0 unspecified atom stereocenters. The van der Waals surface area contributed by atoms with Crippen LogP contribution in [-0.2, 0) is 17.1 Å². The quantitative estimate of drug-likeness (QED) is 0.706. The fourth-order valence-corrected chi connectivity index (χ4v) is 4.84. The summed E-state index contributed by atoms with van der Waals surface area (Å²) in [6, 6.07) is 9.37. The molecule has 1 aliphatic heterocycles. The van der Waals surface area contributed by atoms with Crippen molar-refractivity contribution in [3.05, 3.63) is 36.0 Å². The molecule has 1 saturated heterocycles. The first-order valence-corrected chi connectivity index (χ1v) is 10.3. The Bertz CT molecular complexity index is 1090. The maximum absolute atomic E-state index is 13.0. The second kappa shape index (κ2) is 5.62. The van der Waals surface area contributed by atoms with Gasteiger partial charge in [-0.3, -0.25) is 4.79 Å². The molecule has 0 aliphatic carbocycles. The number of amides is 1. The summed E-state index contributed by atoms with van der Waals surface area (Å²) in [5.74, 6) is -0.203. The van der Waals surface area contributed by atoms with Crippen molar-refractivity contribution < 1.29 is 13.2 Å². The van der Waals surface area contributed by atoms with E-state index >= 15 is 0 Å². The number of benzene rings is 1. The van der Waals surface area contributed by atoms with Gasteiger partial charge in [-0.1, -0.05) is 18.2 Å². The first kappa shape index (κ1) is 16.2. The van der Waals surface area contributed by atoms with Crippen molar-refractivity contribution in [1.82, 2.24) is 13.4 Å². The Kier molecular flexibility index (Phi) is 3.64. The number of aromatic nitrogens is 2. The third-order valence-electron chi connectivity index (χ3n) is 5.01. The van der Waals surface area contributed by atoms with Crippen molar-refractivity contribution in [2.45, 2.75) is 19.3 Å². The number of para-hydroxylation sites is 1. The van der Waals surface area contributed by atoms with E-state index in [1.54, 1.807) is 11.0 Å². The monoisotopic (exact) mass is 359 g/mol. The average Bonchev–Trinajstić information content (AvgIpc) is 3.12. The van der Waals surface area contributed by atoms with Crippen LogP contribution in [0.3, 0.4) is 0 Å². The predicted octanol–water partition coefficient (Wildman–Crippen LogP) is 2.57. The molecule has 1 fully saturated rings.